The highest BCUT2D eigenvalue weighted by atomic mass is 31.2. The highest BCUT2D eigenvalue weighted by Crippen LogP contribution is 2.50. The van der Waals surface area contributed by atoms with Crippen molar-refractivity contribution in [2.24, 2.45) is 0 Å². The van der Waals surface area contributed by atoms with Crippen LogP contribution < -0.4 is 0 Å². The first-order chi connectivity index (χ1) is 6.39. The molecule has 14 heavy (non-hydrogen) atoms. The molecule has 0 bridgehead atoms. The van der Waals surface area contributed by atoms with E-state index in [0.717, 1.165) is 9.34 Å². The number of imidazole rings is 1. The Morgan fingerprint density at radius 3 is 1.86 bits per heavy atom. The van der Waals surface area contributed by atoms with E-state index >= 15 is 0 Å². The van der Waals surface area contributed by atoms with Crippen LogP contribution in [0.2, 0.25) is 0 Å². The van der Waals surface area contributed by atoms with Crippen molar-refractivity contribution >= 4 is 7.75 Å². The third-order valence-electron chi connectivity index (χ3n) is 1.39. The van der Waals surface area contributed by atoms with E-state index in [1.54, 1.807) is 18.7 Å². The molecule has 5 nitrogen and oxygen atoms in total. The molecule has 0 saturated heterocycles. The Morgan fingerprint density at radius 2 is 1.79 bits per heavy atom. The van der Waals surface area contributed by atoms with Crippen LogP contribution in [0, 0.1) is 0 Å². The lowest BCUT2D eigenvalue weighted by molar-refractivity contribution is 0.399. The predicted octanol–water partition coefficient (Wildman–Crippen LogP) is 1.60. The van der Waals surface area contributed by atoms with Gasteiger partial charge in [-0.1, -0.05) is 0 Å². The van der Waals surface area contributed by atoms with Gasteiger partial charge in [-0.3, -0.25) is 4.57 Å². The molecule has 0 spiro atoms. The minimum Gasteiger partial charge on any atom is -0.351 e. The molecule has 0 fully saturated rings. The predicted molar refractivity (Wildman–Crippen MR) is 54.7 cm³/mol. The highest BCUT2D eigenvalue weighted by molar-refractivity contribution is 7.53. The summed E-state index contributed by atoms with van der Waals surface area (Å²) in [6.45, 7) is 0. The summed E-state index contributed by atoms with van der Waals surface area (Å²) >= 11 is 0. The summed E-state index contributed by atoms with van der Waals surface area (Å²) in [6, 6.07) is 0. The van der Waals surface area contributed by atoms with Gasteiger partial charge in [0, 0.05) is 12.4 Å². The highest BCUT2D eigenvalue weighted by Gasteiger charge is 2.26. The van der Waals surface area contributed by atoms with E-state index in [2.05, 4.69) is 9.97 Å². The molecule has 7 heteroatoms. The van der Waals surface area contributed by atoms with Crippen molar-refractivity contribution in [1.82, 2.24) is 19.3 Å². The SMILES string of the molecule is CN(C)P(=O)(F)N(C)C.c1c[nH]cn1. The van der Waals surface area contributed by atoms with Gasteiger partial charge in [-0.05, 0) is 28.2 Å². The van der Waals surface area contributed by atoms with E-state index in [1.807, 2.05) is 0 Å². The molecule has 1 aromatic heterocycles. The fourth-order valence-corrected chi connectivity index (χ4v) is 1.29. The second kappa shape index (κ2) is 5.90. The molecule has 1 rings (SSSR count). The number of nitrogens with zero attached hydrogens (tertiary/aromatic N) is 3. The Balaban J connectivity index is 0.000000280. The van der Waals surface area contributed by atoms with Crippen molar-refractivity contribution in [3.63, 3.8) is 0 Å². The maximum Gasteiger partial charge on any atom is 0.381 e. The van der Waals surface area contributed by atoms with Crippen LogP contribution in [0.25, 0.3) is 0 Å². The number of hydrogen-bond acceptors (Lipinski definition) is 2. The van der Waals surface area contributed by atoms with Crippen molar-refractivity contribution < 1.29 is 8.76 Å². The first-order valence-corrected chi connectivity index (χ1v) is 5.47. The van der Waals surface area contributed by atoms with Crippen LogP contribution in [0.15, 0.2) is 18.7 Å². The number of rotatable bonds is 2. The van der Waals surface area contributed by atoms with E-state index in [1.165, 1.54) is 28.2 Å². The minimum atomic E-state index is -3.67. The Labute approximate surface area is 83.5 Å². The van der Waals surface area contributed by atoms with E-state index < -0.39 is 7.75 Å². The van der Waals surface area contributed by atoms with Gasteiger partial charge in [-0.2, -0.15) is 4.20 Å². The van der Waals surface area contributed by atoms with Crippen LogP contribution in [0.4, 0.5) is 4.20 Å². The molecule has 0 aliphatic heterocycles. The first-order valence-electron chi connectivity index (χ1n) is 3.97. The van der Waals surface area contributed by atoms with Crippen LogP contribution in [-0.2, 0) is 4.57 Å². The van der Waals surface area contributed by atoms with Gasteiger partial charge in [0.2, 0.25) is 0 Å². The van der Waals surface area contributed by atoms with Crippen LogP contribution in [0.3, 0.4) is 0 Å². The average Bonchev–Trinajstić information content (AvgIpc) is 2.60. The Bertz CT molecular complexity index is 246. The summed E-state index contributed by atoms with van der Waals surface area (Å²) in [5.41, 5.74) is 0. The standard InChI is InChI=1S/C4H12FN2OP.C3H4N2/c1-6(2)9(5,8)7(3)4;1-2-5-3-4-1/h1-4H3;1-3H,(H,4,5). The molecule has 0 aliphatic carbocycles. The van der Waals surface area contributed by atoms with Gasteiger partial charge in [0.05, 0.1) is 6.33 Å². The van der Waals surface area contributed by atoms with Crippen molar-refractivity contribution in [1.29, 1.82) is 0 Å². The first kappa shape index (κ1) is 13.3. The van der Waals surface area contributed by atoms with Crippen LogP contribution in [-0.4, -0.2) is 47.5 Å². The molecule has 0 aromatic carbocycles. The van der Waals surface area contributed by atoms with Crippen molar-refractivity contribution in [2.75, 3.05) is 28.2 Å². The summed E-state index contributed by atoms with van der Waals surface area (Å²) in [6.07, 6.45) is 5.08. The van der Waals surface area contributed by atoms with E-state index in [4.69, 9.17) is 0 Å². The maximum atomic E-state index is 12.7. The zero-order valence-corrected chi connectivity index (χ0v) is 9.70. The maximum absolute atomic E-state index is 12.7. The number of aromatic nitrogens is 2. The fourth-order valence-electron chi connectivity index (χ4n) is 0.573. The number of aromatic amines is 1. The normalized spacial score (nSPS) is 11.4. The van der Waals surface area contributed by atoms with Crippen LogP contribution >= 0.6 is 7.75 Å². The van der Waals surface area contributed by atoms with Crippen molar-refractivity contribution in [3.05, 3.63) is 18.7 Å². The molecule has 0 atom stereocenters. The third kappa shape index (κ3) is 4.50. The van der Waals surface area contributed by atoms with Gasteiger partial charge >= 0.3 is 7.75 Å². The van der Waals surface area contributed by atoms with Crippen molar-refractivity contribution in [2.45, 2.75) is 0 Å². The minimum absolute atomic E-state index is 1.08. The zero-order chi connectivity index (χ0) is 11.2. The topological polar surface area (TPSA) is 52.2 Å². The summed E-state index contributed by atoms with van der Waals surface area (Å²) in [4.78, 5) is 6.42. The third-order valence-corrected chi connectivity index (χ3v) is 3.37. The van der Waals surface area contributed by atoms with Gasteiger partial charge in [0.15, 0.2) is 0 Å². The van der Waals surface area contributed by atoms with Gasteiger partial charge in [-0.15, -0.1) is 0 Å². The molecule has 0 aliphatic rings. The van der Waals surface area contributed by atoms with E-state index in [0.29, 0.717) is 0 Å². The summed E-state index contributed by atoms with van der Waals surface area (Å²) in [7, 11) is 2.11. The van der Waals surface area contributed by atoms with Crippen LogP contribution in [0.5, 0.6) is 0 Å². The smallest absolute Gasteiger partial charge is 0.351 e. The largest absolute Gasteiger partial charge is 0.381 e. The summed E-state index contributed by atoms with van der Waals surface area (Å²) in [5, 5.41) is 0. The molecule has 0 unspecified atom stereocenters. The van der Waals surface area contributed by atoms with Crippen LogP contribution in [0.1, 0.15) is 0 Å². The Hall–Kier alpha value is -0.710. The second-order valence-corrected chi connectivity index (χ2v) is 5.47. The van der Waals surface area contributed by atoms with E-state index in [9.17, 15) is 8.76 Å². The number of hydrogen-bond donors (Lipinski definition) is 1. The molecule has 1 heterocycles. The summed E-state index contributed by atoms with van der Waals surface area (Å²) < 4.78 is 25.7. The molecule has 82 valence electrons. The molecule has 1 N–H and O–H groups in total. The Kier molecular flexibility index (Phi) is 5.60. The number of H-pyrrole nitrogens is 1. The molecular weight excluding hydrogens is 206 g/mol. The second-order valence-electron chi connectivity index (χ2n) is 2.93. The zero-order valence-electron chi connectivity index (χ0n) is 8.81. The molecule has 0 saturated carbocycles. The molecule has 1 aromatic rings. The Morgan fingerprint density at radius 1 is 1.29 bits per heavy atom. The van der Waals surface area contributed by atoms with Gasteiger partial charge < -0.3 is 4.98 Å². The quantitative estimate of drug-likeness (QED) is 0.772. The van der Waals surface area contributed by atoms with Gasteiger partial charge in [0.1, 0.15) is 0 Å². The number of halogens is 1. The summed E-state index contributed by atoms with van der Waals surface area (Å²) in [5.74, 6) is 0. The van der Waals surface area contributed by atoms with Gasteiger partial charge in [0.25, 0.3) is 0 Å². The molecular formula is C7H16FN4OP. The lowest BCUT2D eigenvalue weighted by Crippen LogP contribution is -2.17. The molecule has 0 radical (unpaired) electrons. The average molecular weight is 222 g/mol. The lowest BCUT2D eigenvalue weighted by Gasteiger charge is -2.21. The lowest BCUT2D eigenvalue weighted by atomic mass is 11.0. The monoisotopic (exact) mass is 222 g/mol. The van der Waals surface area contributed by atoms with Crippen molar-refractivity contribution in [3.8, 4) is 0 Å². The van der Waals surface area contributed by atoms with E-state index in [-0.39, 0.29) is 0 Å². The van der Waals surface area contributed by atoms with Gasteiger partial charge in [-0.25, -0.2) is 14.3 Å². The fraction of sp³-hybridized carbons (Fsp3) is 0.571. The number of nitrogens with one attached hydrogen (secondary N) is 1. The molecule has 0 amide bonds.